The van der Waals surface area contributed by atoms with Gasteiger partial charge in [0.25, 0.3) is 11.5 Å². The van der Waals surface area contributed by atoms with Crippen molar-refractivity contribution in [1.82, 2.24) is 9.78 Å². The molecule has 1 aromatic heterocycles. The molecule has 34 heavy (non-hydrogen) atoms. The van der Waals surface area contributed by atoms with E-state index in [0.29, 0.717) is 39.9 Å². The van der Waals surface area contributed by atoms with Crippen molar-refractivity contribution in [2.45, 2.75) is 18.9 Å². The molecule has 2 atom stereocenters. The van der Waals surface area contributed by atoms with Crippen LogP contribution in [0.3, 0.4) is 0 Å². The maximum Gasteiger partial charge on any atom is 0.279 e. The summed E-state index contributed by atoms with van der Waals surface area (Å²) in [6.45, 7) is 1.75. The fraction of sp³-hybridized carbons (Fsp3) is 0.185. The molecule has 1 aliphatic heterocycles. The van der Waals surface area contributed by atoms with Gasteiger partial charge in [-0.1, -0.05) is 49.4 Å². The molecule has 172 valence electrons. The molecule has 5 rings (SSSR count). The van der Waals surface area contributed by atoms with Crippen LogP contribution < -0.4 is 10.5 Å². The van der Waals surface area contributed by atoms with Gasteiger partial charge in [0.1, 0.15) is 0 Å². The van der Waals surface area contributed by atoms with Gasteiger partial charge >= 0.3 is 0 Å². The second kappa shape index (κ2) is 8.44. The molecule has 1 aliphatic rings. The van der Waals surface area contributed by atoms with Crippen LogP contribution in [0.5, 0.6) is 0 Å². The predicted octanol–water partition coefficient (Wildman–Crippen LogP) is 3.76. The Hall–Kier alpha value is -3.94. The number of benzene rings is 3. The van der Waals surface area contributed by atoms with E-state index in [2.05, 4.69) is 5.10 Å². The van der Waals surface area contributed by atoms with E-state index in [1.807, 2.05) is 42.5 Å². The van der Waals surface area contributed by atoms with Crippen molar-refractivity contribution in [3.63, 3.8) is 0 Å². The SMILES string of the molecule is C[C@@H](/C=C/CCO)[C@]1(O)C(=O)N(c2ccccc2)c2ccc(-n3[nH]c4ccccc4c3=O)cc21. The van der Waals surface area contributed by atoms with Crippen molar-refractivity contribution in [1.29, 1.82) is 0 Å². The monoisotopic (exact) mass is 455 g/mol. The molecule has 0 fully saturated rings. The number of aromatic amines is 1. The van der Waals surface area contributed by atoms with Crippen LogP contribution in [0.15, 0.2) is 89.7 Å². The number of rotatable bonds is 6. The summed E-state index contributed by atoms with van der Waals surface area (Å²) in [7, 11) is 0. The lowest BCUT2D eigenvalue weighted by molar-refractivity contribution is -0.138. The van der Waals surface area contributed by atoms with Crippen LogP contribution in [-0.2, 0) is 10.4 Å². The number of amides is 1. The lowest BCUT2D eigenvalue weighted by Gasteiger charge is -2.27. The Kier molecular flexibility index (Phi) is 5.43. The van der Waals surface area contributed by atoms with E-state index in [-0.39, 0.29) is 12.2 Å². The number of fused-ring (bicyclic) bond motifs is 2. The van der Waals surface area contributed by atoms with E-state index in [1.165, 1.54) is 9.58 Å². The average molecular weight is 456 g/mol. The van der Waals surface area contributed by atoms with Crippen LogP contribution in [0, 0.1) is 5.92 Å². The molecule has 0 aliphatic carbocycles. The smallest absolute Gasteiger partial charge is 0.279 e. The van der Waals surface area contributed by atoms with E-state index < -0.39 is 17.4 Å². The zero-order valence-corrected chi connectivity index (χ0v) is 18.7. The number of aliphatic hydroxyl groups is 2. The van der Waals surface area contributed by atoms with Crippen molar-refractivity contribution in [3.8, 4) is 5.69 Å². The number of hydrogen-bond donors (Lipinski definition) is 3. The minimum Gasteiger partial charge on any atom is -0.396 e. The molecule has 0 bridgehead atoms. The van der Waals surface area contributed by atoms with Gasteiger partial charge in [0, 0.05) is 23.8 Å². The summed E-state index contributed by atoms with van der Waals surface area (Å²) in [5.41, 5.74) is 0.798. The zero-order valence-electron chi connectivity index (χ0n) is 18.7. The standard InChI is InChI=1S/C27H25N3O4/c1-18(9-7-8-16-31)27(34)22-17-20(30-25(32)21-12-5-6-13-23(21)28-30)14-15-24(22)29(26(27)33)19-10-3-2-4-11-19/h2-7,9-15,17-18,28,31,34H,8,16H2,1H3/b9-7+/t18-,27+/m0/s1. The van der Waals surface area contributed by atoms with Crippen LogP contribution in [0.25, 0.3) is 16.6 Å². The van der Waals surface area contributed by atoms with Crippen LogP contribution >= 0.6 is 0 Å². The minimum atomic E-state index is -1.84. The molecule has 0 radical (unpaired) electrons. The Morgan fingerprint density at radius 2 is 1.74 bits per heavy atom. The fourth-order valence-electron chi connectivity index (χ4n) is 4.59. The van der Waals surface area contributed by atoms with Crippen LogP contribution in [0.2, 0.25) is 0 Å². The highest BCUT2D eigenvalue weighted by Crippen LogP contribution is 2.48. The molecular weight excluding hydrogens is 430 g/mol. The van der Waals surface area contributed by atoms with Gasteiger partial charge in [0.2, 0.25) is 0 Å². The molecule has 1 amide bonds. The van der Waals surface area contributed by atoms with Crippen LogP contribution in [0.1, 0.15) is 18.9 Å². The number of nitrogens with one attached hydrogen (secondary N) is 1. The van der Waals surface area contributed by atoms with Gasteiger partial charge < -0.3 is 10.2 Å². The van der Waals surface area contributed by atoms with Crippen molar-refractivity contribution >= 4 is 28.2 Å². The lowest BCUT2D eigenvalue weighted by atomic mass is 9.82. The highest BCUT2D eigenvalue weighted by atomic mass is 16.3. The first kappa shape index (κ1) is 21.9. The van der Waals surface area contributed by atoms with E-state index >= 15 is 0 Å². The van der Waals surface area contributed by atoms with Crippen LogP contribution in [0.4, 0.5) is 11.4 Å². The number of hydrogen-bond acceptors (Lipinski definition) is 4. The van der Waals surface area contributed by atoms with E-state index in [1.54, 1.807) is 49.4 Å². The average Bonchev–Trinajstić information content (AvgIpc) is 3.32. The molecule has 0 spiro atoms. The summed E-state index contributed by atoms with van der Waals surface area (Å²) in [5, 5.41) is 24.7. The third-order valence-electron chi connectivity index (χ3n) is 6.41. The third kappa shape index (κ3) is 3.29. The number of anilines is 2. The molecular formula is C27H25N3O4. The highest BCUT2D eigenvalue weighted by molar-refractivity contribution is 6.12. The van der Waals surface area contributed by atoms with E-state index in [4.69, 9.17) is 5.11 Å². The van der Waals surface area contributed by atoms with Crippen molar-refractivity contribution in [2.75, 3.05) is 11.5 Å². The molecule has 2 heterocycles. The Labute approximate surface area is 196 Å². The number of carbonyl (C=O) groups excluding carboxylic acids is 1. The topological polar surface area (TPSA) is 98.6 Å². The summed E-state index contributed by atoms with van der Waals surface area (Å²) in [6, 6.07) is 21.6. The summed E-state index contributed by atoms with van der Waals surface area (Å²) >= 11 is 0. The van der Waals surface area contributed by atoms with Gasteiger partial charge in [0.05, 0.1) is 22.3 Å². The number of carbonyl (C=O) groups is 1. The van der Waals surface area contributed by atoms with Gasteiger partial charge in [-0.15, -0.1) is 0 Å². The number of nitrogens with zero attached hydrogens (tertiary/aromatic N) is 2. The van der Waals surface area contributed by atoms with Crippen molar-refractivity contribution in [3.05, 3.63) is 101 Å². The first-order chi connectivity index (χ1) is 16.5. The highest BCUT2D eigenvalue weighted by Gasteiger charge is 2.53. The van der Waals surface area contributed by atoms with Gasteiger partial charge in [-0.05, 0) is 48.9 Å². The number of aliphatic hydroxyl groups excluding tert-OH is 1. The molecule has 7 nitrogen and oxygen atoms in total. The molecule has 0 saturated heterocycles. The number of aromatic nitrogens is 2. The van der Waals surface area contributed by atoms with Gasteiger partial charge in [0.15, 0.2) is 5.60 Å². The minimum absolute atomic E-state index is 0.0181. The van der Waals surface area contributed by atoms with Crippen molar-refractivity contribution < 1.29 is 15.0 Å². The summed E-state index contributed by atoms with van der Waals surface area (Å²) in [5.74, 6) is -1.04. The van der Waals surface area contributed by atoms with Gasteiger partial charge in [-0.25, -0.2) is 4.68 Å². The fourth-order valence-corrected chi connectivity index (χ4v) is 4.59. The van der Waals surface area contributed by atoms with Gasteiger partial charge in [-0.2, -0.15) is 0 Å². The summed E-state index contributed by atoms with van der Waals surface area (Å²) in [4.78, 5) is 28.3. The quantitative estimate of drug-likeness (QED) is 0.386. The predicted molar refractivity (Wildman–Crippen MR) is 131 cm³/mol. The molecule has 4 aromatic rings. The van der Waals surface area contributed by atoms with Crippen molar-refractivity contribution in [2.24, 2.45) is 5.92 Å². The third-order valence-corrected chi connectivity index (χ3v) is 6.41. The molecule has 3 aromatic carbocycles. The first-order valence-corrected chi connectivity index (χ1v) is 11.2. The Bertz CT molecular complexity index is 1450. The molecule has 0 unspecified atom stereocenters. The zero-order chi connectivity index (χ0) is 23.9. The largest absolute Gasteiger partial charge is 0.396 e. The Morgan fingerprint density at radius 3 is 2.47 bits per heavy atom. The maximum absolute atomic E-state index is 13.7. The maximum atomic E-state index is 13.7. The van der Waals surface area contributed by atoms with E-state index in [9.17, 15) is 14.7 Å². The van der Waals surface area contributed by atoms with Crippen LogP contribution in [-0.4, -0.2) is 32.5 Å². The van der Waals surface area contributed by atoms with Gasteiger partial charge in [-0.3, -0.25) is 19.6 Å². The number of H-pyrrole nitrogens is 1. The number of para-hydroxylation sites is 2. The normalized spacial score (nSPS) is 18.7. The Morgan fingerprint density at radius 1 is 1.00 bits per heavy atom. The van der Waals surface area contributed by atoms with E-state index in [0.717, 1.165) is 0 Å². The second-order valence-electron chi connectivity index (χ2n) is 8.47. The lowest BCUT2D eigenvalue weighted by Crippen LogP contribution is -2.42. The summed E-state index contributed by atoms with van der Waals surface area (Å²) < 4.78 is 1.42. The first-order valence-electron chi connectivity index (χ1n) is 11.2. The molecule has 0 saturated carbocycles. The second-order valence-corrected chi connectivity index (χ2v) is 8.47. The summed E-state index contributed by atoms with van der Waals surface area (Å²) in [6.07, 6.45) is 3.93. The molecule has 3 N–H and O–H groups in total. The molecule has 7 heteroatoms. The Balaban J connectivity index is 1.69.